The predicted molar refractivity (Wildman–Crippen MR) is 378 cm³/mol. The molecule has 0 saturated carbocycles. The van der Waals surface area contributed by atoms with Gasteiger partial charge in [-0.2, -0.15) is 0 Å². The molecule has 2 heterocycles. The number of allylic oxidation sites excluding steroid dienone is 15. The van der Waals surface area contributed by atoms with Crippen LogP contribution in [0.3, 0.4) is 0 Å². The molecular weight excluding hydrogens is 1160 g/mol. The molecular formula is C78H137NO13. The standard InChI is InChI=1S/C78H137NO13/c1-3-5-7-9-11-13-15-17-19-21-23-25-27-29-31-32-33-34-36-38-40-42-44-46-48-50-52-54-56-58-60-62-70(83)79-66(65-89-77-75(88)73(86)76(69(64-81)91-77)92-78-74(87)72(85)71(84)68(63-80)90-78)67(82)61-59-57-55-53-51-49-47-45-43-41-39-37-35-30-28-26-24-22-20-18-16-14-12-10-8-6-4-2/h5,7,11,13,17,19,23,25,29,31,33-34,51,53,59,61,66-69,71-78,80-82,84-88H,3-4,6,8-10,12,14-16,18,20-22,24,26-28,30,32,35-50,52,54-58,60,62-65H2,1-2H3,(H,79,83)/b7-5-,13-11-,19-17-,25-23-,31-29-,34-33-,53-51+,61-59+. The largest absolute Gasteiger partial charge is 0.394 e. The monoisotopic (exact) mass is 1300 g/mol. The van der Waals surface area contributed by atoms with Crippen molar-refractivity contribution >= 4 is 5.91 Å². The van der Waals surface area contributed by atoms with E-state index in [2.05, 4.69) is 104 Å². The van der Waals surface area contributed by atoms with Gasteiger partial charge < -0.3 is 65.1 Å². The minimum absolute atomic E-state index is 0.252. The maximum Gasteiger partial charge on any atom is 0.220 e. The van der Waals surface area contributed by atoms with E-state index in [1.165, 1.54) is 186 Å². The lowest BCUT2D eigenvalue weighted by Gasteiger charge is -2.46. The quantitative estimate of drug-likeness (QED) is 0.0204. The van der Waals surface area contributed by atoms with Crippen molar-refractivity contribution in [1.82, 2.24) is 5.32 Å². The van der Waals surface area contributed by atoms with Gasteiger partial charge >= 0.3 is 0 Å². The number of aliphatic hydroxyl groups excluding tert-OH is 8. The van der Waals surface area contributed by atoms with Crippen molar-refractivity contribution in [3.63, 3.8) is 0 Å². The van der Waals surface area contributed by atoms with Crippen LogP contribution in [0.2, 0.25) is 0 Å². The average Bonchev–Trinajstić information content (AvgIpc) is 0.844. The maximum absolute atomic E-state index is 13.4. The van der Waals surface area contributed by atoms with Crippen LogP contribution in [0.5, 0.6) is 0 Å². The number of ether oxygens (including phenoxy) is 4. The Kier molecular flexibility index (Phi) is 56.8. The Morgan fingerprint density at radius 2 is 0.761 bits per heavy atom. The second kappa shape index (κ2) is 61.5. The summed E-state index contributed by atoms with van der Waals surface area (Å²) in [7, 11) is 0. The zero-order valence-corrected chi connectivity index (χ0v) is 58.0. The normalized spacial score (nSPS) is 23.2. The van der Waals surface area contributed by atoms with Gasteiger partial charge in [0.25, 0.3) is 0 Å². The lowest BCUT2D eigenvalue weighted by Crippen LogP contribution is -2.65. The third-order valence-electron chi connectivity index (χ3n) is 17.8. The van der Waals surface area contributed by atoms with E-state index < -0.39 is 86.8 Å². The minimum atomic E-state index is -1.80. The van der Waals surface area contributed by atoms with E-state index in [-0.39, 0.29) is 18.9 Å². The van der Waals surface area contributed by atoms with E-state index in [0.29, 0.717) is 12.8 Å². The number of rotatable bonds is 61. The molecule has 0 radical (unpaired) electrons. The van der Waals surface area contributed by atoms with Crippen LogP contribution < -0.4 is 5.32 Å². The van der Waals surface area contributed by atoms with E-state index in [1.807, 2.05) is 6.08 Å². The molecule has 2 saturated heterocycles. The smallest absolute Gasteiger partial charge is 0.220 e. The Balaban J connectivity index is 1.67. The molecule has 2 rings (SSSR count). The van der Waals surface area contributed by atoms with Gasteiger partial charge in [-0.05, 0) is 83.5 Å². The van der Waals surface area contributed by atoms with Gasteiger partial charge in [-0.15, -0.1) is 0 Å². The fourth-order valence-electron chi connectivity index (χ4n) is 11.8. The van der Waals surface area contributed by atoms with Crippen LogP contribution in [-0.4, -0.2) is 140 Å². The fraction of sp³-hybridized carbons (Fsp3) is 0.782. The molecule has 14 nitrogen and oxygen atoms in total. The highest BCUT2D eigenvalue weighted by atomic mass is 16.7. The van der Waals surface area contributed by atoms with Crippen molar-refractivity contribution in [2.75, 3.05) is 19.8 Å². The van der Waals surface area contributed by atoms with E-state index >= 15 is 0 Å². The number of nitrogens with one attached hydrogen (secondary N) is 1. The van der Waals surface area contributed by atoms with Gasteiger partial charge in [-0.3, -0.25) is 4.79 Å². The molecule has 92 heavy (non-hydrogen) atoms. The molecule has 0 spiro atoms. The molecule has 12 unspecified atom stereocenters. The number of hydrogen-bond acceptors (Lipinski definition) is 13. The van der Waals surface area contributed by atoms with Crippen molar-refractivity contribution in [3.05, 3.63) is 97.2 Å². The molecule has 12 atom stereocenters. The molecule has 532 valence electrons. The summed E-state index contributed by atoms with van der Waals surface area (Å²) in [5.74, 6) is -0.252. The lowest BCUT2D eigenvalue weighted by molar-refractivity contribution is -0.359. The van der Waals surface area contributed by atoms with E-state index in [0.717, 1.165) is 77.0 Å². The molecule has 14 heteroatoms. The summed E-state index contributed by atoms with van der Waals surface area (Å²) in [4.78, 5) is 13.4. The number of aliphatic hydroxyl groups is 8. The summed E-state index contributed by atoms with van der Waals surface area (Å²) in [5.41, 5.74) is 0. The third kappa shape index (κ3) is 44.6. The van der Waals surface area contributed by atoms with E-state index in [9.17, 15) is 45.6 Å². The van der Waals surface area contributed by atoms with Crippen LogP contribution in [-0.2, 0) is 23.7 Å². The Bertz CT molecular complexity index is 1920. The first-order valence-corrected chi connectivity index (χ1v) is 37.5. The molecule has 0 aromatic rings. The van der Waals surface area contributed by atoms with Crippen LogP contribution in [0, 0.1) is 0 Å². The number of hydrogen-bond donors (Lipinski definition) is 9. The van der Waals surface area contributed by atoms with Crippen molar-refractivity contribution < 1.29 is 64.6 Å². The first-order valence-electron chi connectivity index (χ1n) is 37.5. The highest BCUT2D eigenvalue weighted by Crippen LogP contribution is 2.30. The number of unbranched alkanes of at least 4 members (excludes halogenated alkanes) is 34. The topological polar surface area (TPSA) is 228 Å². The van der Waals surface area contributed by atoms with Gasteiger partial charge in [0, 0.05) is 6.42 Å². The molecule has 2 aliphatic rings. The van der Waals surface area contributed by atoms with Crippen LogP contribution in [0.25, 0.3) is 0 Å². The molecule has 0 bridgehead atoms. The van der Waals surface area contributed by atoms with Gasteiger partial charge in [-0.1, -0.05) is 304 Å². The molecule has 0 aromatic heterocycles. The van der Waals surface area contributed by atoms with Crippen molar-refractivity contribution in [2.24, 2.45) is 0 Å². The summed E-state index contributed by atoms with van der Waals surface area (Å²) < 4.78 is 22.9. The van der Waals surface area contributed by atoms with Crippen molar-refractivity contribution in [3.8, 4) is 0 Å². The van der Waals surface area contributed by atoms with E-state index in [1.54, 1.807) is 6.08 Å². The zero-order chi connectivity index (χ0) is 66.6. The van der Waals surface area contributed by atoms with E-state index in [4.69, 9.17) is 18.9 Å². The van der Waals surface area contributed by atoms with Crippen LogP contribution in [0.1, 0.15) is 296 Å². The Hall–Kier alpha value is -3.09. The second-order valence-electron chi connectivity index (χ2n) is 26.0. The second-order valence-corrected chi connectivity index (χ2v) is 26.0. The number of amides is 1. The van der Waals surface area contributed by atoms with Gasteiger partial charge in [0.1, 0.15) is 48.8 Å². The summed E-state index contributed by atoms with van der Waals surface area (Å²) in [6.45, 7) is 2.70. The van der Waals surface area contributed by atoms with Crippen LogP contribution in [0.15, 0.2) is 97.2 Å². The lowest BCUT2D eigenvalue weighted by atomic mass is 9.97. The van der Waals surface area contributed by atoms with Gasteiger partial charge in [0.15, 0.2) is 12.6 Å². The van der Waals surface area contributed by atoms with Crippen LogP contribution >= 0.6 is 0 Å². The van der Waals surface area contributed by atoms with Gasteiger partial charge in [-0.25, -0.2) is 0 Å². The first kappa shape index (κ1) is 85.0. The highest BCUT2D eigenvalue weighted by Gasteiger charge is 2.51. The van der Waals surface area contributed by atoms with Crippen LogP contribution in [0.4, 0.5) is 0 Å². The molecule has 2 fully saturated rings. The number of carbonyl (C=O) groups excluding carboxylic acids is 1. The Morgan fingerprint density at radius 3 is 1.20 bits per heavy atom. The fourth-order valence-corrected chi connectivity index (χ4v) is 11.8. The SMILES string of the molecule is CC/C=C\C/C=C\C/C=C\C/C=C\C/C=C\C/C=C\CCCCCCCCCCCCCCC(=O)NC(COC1OC(CO)C(OC2OC(CO)C(O)C(O)C2O)C(O)C1O)C(O)/C=C/CC/C=C/CCCCCCCCCCCCCCCCCCCCCCC. The van der Waals surface area contributed by atoms with Crippen molar-refractivity contribution in [2.45, 2.75) is 370 Å². The summed E-state index contributed by atoms with van der Waals surface area (Å²) in [5, 5.41) is 87.5. The summed E-state index contributed by atoms with van der Waals surface area (Å²) >= 11 is 0. The van der Waals surface area contributed by atoms with Crippen molar-refractivity contribution in [1.29, 1.82) is 0 Å². The molecule has 2 aliphatic heterocycles. The number of carbonyl (C=O) groups is 1. The average molecular weight is 1300 g/mol. The van der Waals surface area contributed by atoms with Gasteiger partial charge in [0.2, 0.25) is 5.91 Å². The molecule has 0 aromatic carbocycles. The maximum atomic E-state index is 13.4. The molecule has 0 aliphatic carbocycles. The predicted octanol–water partition coefficient (Wildman–Crippen LogP) is 16.1. The minimum Gasteiger partial charge on any atom is -0.394 e. The highest BCUT2D eigenvalue weighted by molar-refractivity contribution is 5.76. The van der Waals surface area contributed by atoms with Gasteiger partial charge in [0.05, 0.1) is 32.0 Å². The Labute approximate surface area is 560 Å². The first-order chi connectivity index (χ1) is 45.1. The third-order valence-corrected chi connectivity index (χ3v) is 17.8. The molecule has 1 amide bonds. The zero-order valence-electron chi connectivity index (χ0n) is 58.0. The Morgan fingerprint density at radius 1 is 0.402 bits per heavy atom. The summed E-state index contributed by atoms with van der Waals surface area (Å²) in [6, 6.07) is -0.940. The molecule has 9 N–H and O–H groups in total. The summed E-state index contributed by atoms with van der Waals surface area (Å²) in [6.07, 6.45) is 70.4.